The molecule has 0 unspecified atom stereocenters. The monoisotopic (exact) mass is 392 g/mol. The highest BCUT2D eigenvalue weighted by Gasteiger charge is 2.49. The molecule has 0 N–H and O–H groups in total. The molecule has 2 aliphatic heterocycles. The predicted molar refractivity (Wildman–Crippen MR) is 112 cm³/mol. The van der Waals surface area contributed by atoms with Crippen LogP contribution in [0.15, 0.2) is 42.5 Å². The second-order valence-electron chi connectivity index (χ2n) is 8.29. The number of likely N-dealkylation sites (tertiary alicyclic amines) is 2. The van der Waals surface area contributed by atoms with E-state index in [1.165, 1.54) is 11.1 Å². The summed E-state index contributed by atoms with van der Waals surface area (Å²) in [6.45, 7) is 7.78. The quantitative estimate of drug-likeness (QED) is 0.802. The van der Waals surface area contributed by atoms with E-state index in [9.17, 15) is 9.59 Å². The van der Waals surface area contributed by atoms with Crippen LogP contribution in [0.2, 0.25) is 0 Å². The molecule has 0 radical (unpaired) electrons. The normalized spacial score (nSPS) is 23.2. The largest absolute Gasteiger partial charge is 0.496 e. The zero-order valence-corrected chi connectivity index (χ0v) is 17.5. The summed E-state index contributed by atoms with van der Waals surface area (Å²) in [5.74, 6) is 1.53. The second kappa shape index (κ2) is 7.54. The number of nitrogens with zero attached hydrogens (tertiary/aromatic N) is 2. The molecule has 2 aromatic rings. The van der Waals surface area contributed by atoms with Crippen LogP contribution in [0.5, 0.6) is 5.75 Å². The number of amides is 2. The van der Waals surface area contributed by atoms with Crippen molar-refractivity contribution >= 4 is 11.8 Å². The molecule has 0 aromatic heterocycles. The highest BCUT2D eigenvalue weighted by Crippen LogP contribution is 2.46. The summed E-state index contributed by atoms with van der Waals surface area (Å²) in [6.07, 6.45) is 0. The van der Waals surface area contributed by atoms with Crippen molar-refractivity contribution in [1.29, 1.82) is 0 Å². The summed E-state index contributed by atoms with van der Waals surface area (Å²) in [6, 6.07) is 13.9. The molecule has 152 valence electrons. The topological polar surface area (TPSA) is 49.9 Å². The van der Waals surface area contributed by atoms with Gasteiger partial charge in [-0.05, 0) is 48.7 Å². The number of carbonyl (C=O) groups is 2. The Hall–Kier alpha value is -2.82. The van der Waals surface area contributed by atoms with Crippen molar-refractivity contribution in [2.45, 2.75) is 26.8 Å². The van der Waals surface area contributed by atoms with Crippen molar-refractivity contribution in [2.75, 3.05) is 26.7 Å². The molecule has 3 atom stereocenters. The molecule has 0 bridgehead atoms. The molecule has 5 heteroatoms. The number of benzene rings is 2. The van der Waals surface area contributed by atoms with Gasteiger partial charge < -0.3 is 14.5 Å². The molecular formula is C24H28N2O3. The first-order valence-corrected chi connectivity index (χ1v) is 10.2. The Morgan fingerprint density at radius 3 is 2.41 bits per heavy atom. The fourth-order valence-corrected chi connectivity index (χ4v) is 5.05. The van der Waals surface area contributed by atoms with Gasteiger partial charge in [0.15, 0.2) is 0 Å². The standard InChI is InChI=1S/C24H28N2O3/c1-15-7-5-6-8-20(15)23-21-14-25(12-19(21)13-26(23)17(3)27)24(28)18-9-10-22(29-4)16(2)11-18/h5-11,19,21,23H,12-14H2,1-4H3/t19-,21-,23+/m1/s1. The van der Waals surface area contributed by atoms with Crippen molar-refractivity contribution in [3.63, 3.8) is 0 Å². The number of methoxy groups -OCH3 is 1. The van der Waals surface area contributed by atoms with E-state index < -0.39 is 0 Å². The Balaban J connectivity index is 1.59. The lowest BCUT2D eigenvalue weighted by Gasteiger charge is -2.30. The molecule has 0 saturated carbocycles. The third kappa shape index (κ3) is 3.39. The van der Waals surface area contributed by atoms with E-state index in [1.54, 1.807) is 14.0 Å². The molecule has 0 aliphatic carbocycles. The van der Waals surface area contributed by atoms with Gasteiger partial charge in [0, 0.05) is 44.0 Å². The molecule has 29 heavy (non-hydrogen) atoms. The number of ether oxygens (including phenoxy) is 1. The average molecular weight is 392 g/mol. The summed E-state index contributed by atoms with van der Waals surface area (Å²) in [5.41, 5.74) is 4.04. The number of hydrogen-bond acceptors (Lipinski definition) is 3. The van der Waals surface area contributed by atoms with Crippen LogP contribution in [-0.4, -0.2) is 48.4 Å². The Bertz CT molecular complexity index is 955. The first-order chi connectivity index (χ1) is 13.9. The maximum Gasteiger partial charge on any atom is 0.253 e. The average Bonchev–Trinajstić information content (AvgIpc) is 3.26. The van der Waals surface area contributed by atoms with Crippen LogP contribution in [-0.2, 0) is 4.79 Å². The highest BCUT2D eigenvalue weighted by molar-refractivity contribution is 5.95. The molecule has 2 heterocycles. The molecule has 5 nitrogen and oxygen atoms in total. The SMILES string of the molecule is COc1ccc(C(=O)N2C[C@@H]3CN(C(C)=O)[C@@H](c4ccccc4C)[C@@H]3C2)cc1C. The summed E-state index contributed by atoms with van der Waals surface area (Å²) < 4.78 is 5.31. The summed E-state index contributed by atoms with van der Waals surface area (Å²) in [7, 11) is 1.64. The van der Waals surface area contributed by atoms with Crippen LogP contribution in [0.1, 0.15) is 40.0 Å². The fraction of sp³-hybridized carbons (Fsp3) is 0.417. The summed E-state index contributed by atoms with van der Waals surface area (Å²) in [4.78, 5) is 29.5. The molecule has 2 fully saturated rings. The molecule has 2 aromatic carbocycles. The minimum absolute atomic E-state index is 0.0362. The first-order valence-electron chi connectivity index (χ1n) is 10.2. The van der Waals surface area contributed by atoms with Crippen molar-refractivity contribution in [3.05, 3.63) is 64.7 Å². The number of fused-ring (bicyclic) bond motifs is 1. The summed E-state index contributed by atoms with van der Waals surface area (Å²) in [5, 5.41) is 0. The lowest BCUT2D eigenvalue weighted by Crippen LogP contribution is -2.36. The zero-order chi connectivity index (χ0) is 20.7. The highest BCUT2D eigenvalue weighted by atomic mass is 16.5. The van der Waals surface area contributed by atoms with Gasteiger partial charge in [-0.25, -0.2) is 0 Å². The van der Waals surface area contributed by atoms with Crippen LogP contribution in [0.3, 0.4) is 0 Å². The third-order valence-electron chi connectivity index (χ3n) is 6.50. The van der Waals surface area contributed by atoms with E-state index >= 15 is 0 Å². The molecule has 2 aliphatic rings. The van der Waals surface area contributed by atoms with E-state index in [0.717, 1.165) is 11.3 Å². The van der Waals surface area contributed by atoms with Crippen molar-refractivity contribution in [2.24, 2.45) is 11.8 Å². The van der Waals surface area contributed by atoms with Crippen LogP contribution in [0.4, 0.5) is 0 Å². The maximum absolute atomic E-state index is 13.2. The van der Waals surface area contributed by atoms with E-state index in [1.807, 2.05) is 47.1 Å². The lowest BCUT2D eigenvalue weighted by atomic mass is 9.87. The molecular weight excluding hydrogens is 364 g/mol. The molecule has 2 amide bonds. The van der Waals surface area contributed by atoms with Gasteiger partial charge in [0.25, 0.3) is 5.91 Å². The van der Waals surface area contributed by atoms with Gasteiger partial charge in [0.2, 0.25) is 5.91 Å². The van der Waals surface area contributed by atoms with Gasteiger partial charge in [-0.3, -0.25) is 9.59 Å². The minimum atomic E-state index is 0.0362. The Kier molecular flexibility index (Phi) is 5.07. The minimum Gasteiger partial charge on any atom is -0.496 e. The van der Waals surface area contributed by atoms with Crippen molar-refractivity contribution in [3.8, 4) is 5.75 Å². The van der Waals surface area contributed by atoms with Crippen LogP contribution in [0, 0.1) is 25.7 Å². The Labute approximate surface area is 172 Å². The van der Waals surface area contributed by atoms with Crippen LogP contribution in [0.25, 0.3) is 0 Å². The molecule has 2 saturated heterocycles. The third-order valence-corrected chi connectivity index (χ3v) is 6.50. The number of hydrogen-bond donors (Lipinski definition) is 0. The van der Waals surface area contributed by atoms with Gasteiger partial charge in [-0.2, -0.15) is 0 Å². The maximum atomic E-state index is 13.2. The first kappa shape index (κ1) is 19.5. The number of rotatable bonds is 3. The molecule has 4 rings (SSSR count). The second-order valence-corrected chi connectivity index (χ2v) is 8.29. The Morgan fingerprint density at radius 2 is 1.76 bits per heavy atom. The summed E-state index contributed by atoms with van der Waals surface area (Å²) >= 11 is 0. The molecule has 0 spiro atoms. The van der Waals surface area contributed by atoms with E-state index in [2.05, 4.69) is 19.1 Å². The van der Waals surface area contributed by atoms with Crippen LogP contribution < -0.4 is 4.74 Å². The van der Waals surface area contributed by atoms with Gasteiger partial charge in [-0.15, -0.1) is 0 Å². The lowest BCUT2D eigenvalue weighted by molar-refractivity contribution is -0.130. The predicted octanol–water partition coefficient (Wildman–Crippen LogP) is 3.60. The fourth-order valence-electron chi connectivity index (χ4n) is 5.05. The van der Waals surface area contributed by atoms with Crippen molar-refractivity contribution in [1.82, 2.24) is 9.80 Å². The van der Waals surface area contributed by atoms with Gasteiger partial charge in [0.05, 0.1) is 13.2 Å². The van der Waals surface area contributed by atoms with E-state index in [-0.39, 0.29) is 23.8 Å². The van der Waals surface area contributed by atoms with Gasteiger partial charge in [0.1, 0.15) is 5.75 Å². The van der Waals surface area contributed by atoms with E-state index in [0.29, 0.717) is 31.1 Å². The van der Waals surface area contributed by atoms with E-state index in [4.69, 9.17) is 4.74 Å². The van der Waals surface area contributed by atoms with Gasteiger partial charge in [-0.1, -0.05) is 24.3 Å². The number of carbonyl (C=O) groups excluding carboxylic acids is 2. The number of aryl methyl sites for hydroxylation is 2. The van der Waals surface area contributed by atoms with Gasteiger partial charge >= 0.3 is 0 Å². The Morgan fingerprint density at radius 1 is 1.00 bits per heavy atom. The zero-order valence-electron chi connectivity index (χ0n) is 17.5. The smallest absolute Gasteiger partial charge is 0.253 e. The van der Waals surface area contributed by atoms with Crippen LogP contribution >= 0.6 is 0 Å². The van der Waals surface area contributed by atoms with Crippen molar-refractivity contribution < 1.29 is 14.3 Å².